The third kappa shape index (κ3) is 6.21. The molecule has 18 heavy (non-hydrogen) atoms. The molecule has 0 aromatic heterocycles. The number of alkyl carbamates (subject to hydrolysis) is 1. The van der Waals surface area contributed by atoms with Gasteiger partial charge in [-0.1, -0.05) is 0 Å². The Morgan fingerprint density at radius 2 is 2.11 bits per heavy atom. The Labute approximate surface area is 110 Å². The molecule has 0 saturated heterocycles. The van der Waals surface area contributed by atoms with Crippen LogP contribution in [0.5, 0.6) is 0 Å². The van der Waals surface area contributed by atoms with E-state index in [1.165, 1.54) is 12.8 Å². The predicted octanol–water partition coefficient (Wildman–Crippen LogP) is 1.18. The minimum absolute atomic E-state index is 0.179. The number of nitrogens with two attached hydrogens (primary N) is 1. The third-order valence-electron chi connectivity index (χ3n) is 3.02. The lowest BCUT2D eigenvalue weighted by molar-refractivity contribution is 0.0511. The van der Waals surface area contributed by atoms with Gasteiger partial charge in [0.1, 0.15) is 5.60 Å². The highest BCUT2D eigenvalue weighted by atomic mass is 16.6. The lowest BCUT2D eigenvalue weighted by Crippen LogP contribution is -2.47. The Balaban J connectivity index is 2.27. The van der Waals surface area contributed by atoms with Crippen LogP contribution in [-0.4, -0.2) is 49.3 Å². The predicted molar refractivity (Wildman–Crippen MR) is 72.4 cm³/mol. The molecule has 0 aromatic carbocycles. The summed E-state index contributed by atoms with van der Waals surface area (Å²) in [5, 5.41) is 2.78. The number of nitrogens with zero attached hydrogens (tertiary/aromatic N) is 1. The Morgan fingerprint density at radius 1 is 1.50 bits per heavy atom. The number of hydrogen-bond donors (Lipinski definition) is 2. The zero-order valence-corrected chi connectivity index (χ0v) is 12.0. The van der Waals surface area contributed by atoms with E-state index in [0.29, 0.717) is 13.1 Å². The molecule has 106 valence electrons. The van der Waals surface area contributed by atoms with E-state index in [0.717, 1.165) is 12.5 Å². The minimum Gasteiger partial charge on any atom is -0.444 e. The second-order valence-electron chi connectivity index (χ2n) is 6.16. The molecule has 1 amide bonds. The van der Waals surface area contributed by atoms with E-state index in [2.05, 4.69) is 17.3 Å². The first-order valence-electron chi connectivity index (χ1n) is 6.69. The molecule has 1 fully saturated rings. The van der Waals surface area contributed by atoms with Crippen molar-refractivity contribution in [3.8, 4) is 0 Å². The Hall–Kier alpha value is -0.810. The molecule has 1 aliphatic rings. The van der Waals surface area contributed by atoms with Crippen molar-refractivity contribution in [1.82, 2.24) is 10.2 Å². The number of carbonyl (C=O) groups is 1. The van der Waals surface area contributed by atoms with Crippen LogP contribution in [0, 0.1) is 5.92 Å². The summed E-state index contributed by atoms with van der Waals surface area (Å²) in [7, 11) is 2.06. The van der Waals surface area contributed by atoms with Crippen molar-refractivity contribution in [1.29, 1.82) is 0 Å². The topological polar surface area (TPSA) is 67.6 Å². The molecule has 5 heteroatoms. The van der Waals surface area contributed by atoms with Crippen LogP contribution in [0.25, 0.3) is 0 Å². The molecule has 1 unspecified atom stereocenters. The van der Waals surface area contributed by atoms with Crippen LogP contribution in [0.3, 0.4) is 0 Å². The largest absolute Gasteiger partial charge is 0.444 e. The fraction of sp³-hybridized carbons (Fsp3) is 0.923. The molecule has 1 aliphatic carbocycles. The van der Waals surface area contributed by atoms with Gasteiger partial charge >= 0.3 is 6.09 Å². The first kappa shape index (κ1) is 15.2. The second kappa shape index (κ2) is 6.38. The normalized spacial score (nSPS) is 17.7. The van der Waals surface area contributed by atoms with Gasteiger partial charge < -0.3 is 20.7 Å². The quantitative estimate of drug-likeness (QED) is 0.750. The molecule has 0 heterocycles. The van der Waals surface area contributed by atoms with Gasteiger partial charge in [0.15, 0.2) is 0 Å². The van der Waals surface area contributed by atoms with E-state index < -0.39 is 5.60 Å². The van der Waals surface area contributed by atoms with E-state index in [9.17, 15) is 4.79 Å². The maximum Gasteiger partial charge on any atom is 0.407 e. The maximum absolute atomic E-state index is 11.5. The van der Waals surface area contributed by atoms with Crippen molar-refractivity contribution in [2.24, 2.45) is 11.7 Å². The van der Waals surface area contributed by atoms with E-state index >= 15 is 0 Å². The molecular formula is C13H27N3O2. The summed E-state index contributed by atoms with van der Waals surface area (Å²) in [4.78, 5) is 13.8. The number of carbonyl (C=O) groups excluding carboxylic acids is 1. The highest BCUT2D eigenvalue weighted by Gasteiger charge is 2.26. The number of amides is 1. The molecule has 3 N–H and O–H groups in total. The Morgan fingerprint density at radius 3 is 2.56 bits per heavy atom. The van der Waals surface area contributed by atoms with Crippen molar-refractivity contribution < 1.29 is 9.53 Å². The zero-order valence-electron chi connectivity index (χ0n) is 12.0. The van der Waals surface area contributed by atoms with E-state index in [1.807, 2.05) is 20.8 Å². The first-order chi connectivity index (χ1) is 8.31. The average Bonchev–Trinajstić information content (AvgIpc) is 2.99. The van der Waals surface area contributed by atoms with Crippen LogP contribution in [0.15, 0.2) is 0 Å². The lowest BCUT2D eigenvalue weighted by Gasteiger charge is -2.27. The fourth-order valence-corrected chi connectivity index (χ4v) is 1.79. The summed E-state index contributed by atoms with van der Waals surface area (Å²) in [6, 6.07) is 0.179. The lowest BCUT2D eigenvalue weighted by atomic mass is 10.2. The smallest absolute Gasteiger partial charge is 0.407 e. The van der Waals surface area contributed by atoms with Crippen LogP contribution in [0.1, 0.15) is 33.6 Å². The summed E-state index contributed by atoms with van der Waals surface area (Å²) in [6.07, 6.45) is 2.27. The van der Waals surface area contributed by atoms with Gasteiger partial charge in [0.2, 0.25) is 0 Å². The number of ether oxygens (including phenoxy) is 1. The van der Waals surface area contributed by atoms with E-state index in [4.69, 9.17) is 10.5 Å². The van der Waals surface area contributed by atoms with Crippen LogP contribution < -0.4 is 11.1 Å². The molecule has 1 saturated carbocycles. The van der Waals surface area contributed by atoms with Crippen LogP contribution >= 0.6 is 0 Å². The van der Waals surface area contributed by atoms with Gasteiger partial charge in [0, 0.05) is 25.7 Å². The van der Waals surface area contributed by atoms with E-state index in [1.54, 1.807) is 0 Å². The number of nitrogens with one attached hydrogen (secondary N) is 1. The second-order valence-corrected chi connectivity index (χ2v) is 6.16. The van der Waals surface area contributed by atoms with Crippen LogP contribution in [0.4, 0.5) is 4.79 Å². The van der Waals surface area contributed by atoms with Crippen LogP contribution in [0.2, 0.25) is 0 Å². The molecule has 0 spiro atoms. The molecule has 0 aromatic rings. The monoisotopic (exact) mass is 257 g/mol. The maximum atomic E-state index is 11.5. The van der Waals surface area contributed by atoms with Gasteiger partial charge in [-0.2, -0.15) is 0 Å². The summed E-state index contributed by atoms with van der Waals surface area (Å²) < 4.78 is 5.20. The molecule has 0 bridgehead atoms. The fourth-order valence-electron chi connectivity index (χ4n) is 1.79. The summed E-state index contributed by atoms with van der Waals surface area (Å²) in [5.74, 6) is 0.825. The molecular weight excluding hydrogens is 230 g/mol. The summed E-state index contributed by atoms with van der Waals surface area (Å²) >= 11 is 0. The standard InChI is InChI=1S/C13H27N3O2/c1-13(2,3)18-12(17)15-8-11(7-14)16(4)9-10-5-6-10/h10-11H,5-9,14H2,1-4H3,(H,15,17). The van der Waals surface area contributed by atoms with Gasteiger partial charge in [0.25, 0.3) is 0 Å². The van der Waals surface area contributed by atoms with Crippen molar-refractivity contribution in [3.05, 3.63) is 0 Å². The first-order valence-corrected chi connectivity index (χ1v) is 6.69. The van der Waals surface area contributed by atoms with Crippen molar-refractivity contribution in [2.45, 2.75) is 45.3 Å². The third-order valence-corrected chi connectivity index (χ3v) is 3.02. The Bertz CT molecular complexity index is 272. The molecule has 0 radical (unpaired) electrons. The van der Waals surface area contributed by atoms with Gasteiger partial charge in [0.05, 0.1) is 0 Å². The highest BCUT2D eigenvalue weighted by molar-refractivity contribution is 5.67. The summed E-state index contributed by atoms with van der Waals surface area (Å²) in [5.41, 5.74) is 5.29. The van der Waals surface area contributed by atoms with Crippen molar-refractivity contribution in [3.63, 3.8) is 0 Å². The van der Waals surface area contributed by atoms with Crippen molar-refractivity contribution >= 4 is 6.09 Å². The summed E-state index contributed by atoms with van der Waals surface area (Å²) in [6.45, 7) is 7.70. The number of likely N-dealkylation sites (N-methyl/N-ethyl adjacent to an activating group) is 1. The number of rotatable bonds is 6. The molecule has 1 atom stereocenters. The minimum atomic E-state index is -0.456. The molecule has 1 rings (SSSR count). The SMILES string of the molecule is CN(CC1CC1)C(CN)CNC(=O)OC(C)(C)C. The van der Waals surface area contributed by atoms with Crippen molar-refractivity contribution in [2.75, 3.05) is 26.7 Å². The van der Waals surface area contributed by atoms with Gasteiger partial charge in [-0.15, -0.1) is 0 Å². The highest BCUT2D eigenvalue weighted by Crippen LogP contribution is 2.29. The molecule has 0 aliphatic heterocycles. The molecule has 5 nitrogen and oxygen atoms in total. The Kier molecular flexibility index (Phi) is 5.41. The van der Waals surface area contributed by atoms with Crippen LogP contribution in [-0.2, 0) is 4.74 Å². The van der Waals surface area contributed by atoms with Gasteiger partial charge in [-0.05, 0) is 46.6 Å². The zero-order chi connectivity index (χ0) is 13.8. The van der Waals surface area contributed by atoms with Gasteiger partial charge in [-0.25, -0.2) is 4.79 Å². The van der Waals surface area contributed by atoms with E-state index in [-0.39, 0.29) is 12.1 Å². The van der Waals surface area contributed by atoms with Gasteiger partial charge in [-0.3, -0.25) is 0 Å². The number of hydrogen-bond acceptors (Lipinski definition) is 4. The average molecular weight is 257 g/mol.